The number of benzene rings is 2. The van der Waals surface area contributed by atoms with Crippen molar-refractivity contribution < 1.29 is 19.1 Å². The van der Waals surface area contributed by atoms with Crippen LogP contribution in [0.1, 0.15) is 24.5 Å². The second-order valence-corrected chi connectivity index (χ2v) is 7.00. The molecule has 28 heavy (non-hydrogen) atoms. The van der Waals surface area contributed by atoms with E-state index in [1.807, 2.05) is 36.4 Å². The SMILES string of the molecule is CNC(=O)C(C)N(Cc1ccccc1Cl)C(=O)CCc1ccc2c(c1)OCO2. The molecule has 7 heteroatoms. The van der Waals surface area contributed by atoms with Gasteiger partial charge in [-0.25, -0.2) is 0 Å². The first-order chi connectivity index (χ1) is 13.5. The van der Waals surface area contributed by atoms with E-state index in [1.54, 1.807) is 24.9 Å². The quantitative estimate of drug-likeness (QED) is 0.772. The van der Waals surface area contributed by atoms with Crippen molar-refractivity contribution in [3.63, 3.8) is 0 Å². The number of likely N-dealkylation sites (N-methyl/N-ethyl adjacent to an activating group) is 1. The number of ether oxygens (including phenoxy) is 2. The van der Waals surface area contributed by atoms with Crippen molar-refractivity contribution in [2.75, 3.05) is 13.8 Å². The summed E-state index contributed by atoms with van der Waals surface area (Å²) in [6.07, 6.45) is 0.806. The number of rotatable bonds is 7. The van der Waals surface area contributed by atoms with Crippen molar-refractivity contribution in [3.05, 3.63) is 58.6 Å². The minimum atomic E-state index is -0.606. The van der Waals surface area contributed by atoms with E-state index in [2.05, 4.69) is 5.32 Å². The van der Waals surface area contributed by atoms with E-state index in [0.29, 0.717) is 22.9 Å². The summed E-state index contributed by atoms with van der Waals surface area (Å²) in [5.74, 6) is 1.07. The second-order valence-electron chi connectivity index (χ2n) is 6.59. The van der Waals surface area contributed by atoms with Crippen molar-refractivity contribution in [1.82, 2.24) is 10.2 Å². The van der Waals surface area contributed by atoms with Crippen LogP contribution in [0, 0.1) is 0 Å². The third-order valence-electron chi connectivity index (χ3n) is 4.78. The van der Waals surface area contributed by atoms with Gasteiger partial charge in [0.05, 0.1) is 0 Å². The van der Waals surface area contributed by atoms with Crippen LogP contribution in [-0.4, -0.2) is 36.6 Å². The summed E-state index contributed by atoms with van der Waals surface area (Å²) in [6, 6.07) is 12.4. The van der Waals surface area contributed by atoms with Crippen molar-refractivity contribution in [3.8, 4) is 11.5 Å². The smallest absolute Gasteiger partial charge is 0.242 e. The Morgan fingerprint density at radius 1 is 1.18 bits per heavy atom. The fraction of sp³-hybridized carbons (Fsp3) is 0.333. The fourth-order valence-electron chi connectivity index (χ4n) is 3.09. The van der Waals surface area contributed by atoms with Crippen LogP contribution in [0.2, 0.25) is 5.02 Å². The molecule has 2 aromatic carbocycles. The van der Waals surface area contributed by atoms with Crippen molar-refractivity contribution >= 4 is 23.4 Å². The molecule has 1 N–H and O–H groups in total. The molecule has 2 aromatic rings. The zero-order valence-corrected chi connectivity index (χ0v) is 16.7. The van der Waals surface area contributed by atoms with Gasteiger partial charge in [-0.2, -0.15) is 0 Å². The fourth-order valence-corrected chi connectivity index (χ4v) is 3.29. The normalized spacial score (nSPS) is 13.1. The van der Waals surface area contributed by atoms with Gasteiger partial charge in [-0.05, 0) is 42.7 Å². The molecule has 1 heterocycles. The number of nitrogens with one attached hydrogen (secondary N) is 1. The molecule has 0 radical (unpaired) electrons. The molecule has 1 aliphatic rings. The van der Waals surface area contributed by atoms with Crippen molar-refractivity contribution in [2.45, 2.75) is 32.4 Å². The molecule has 148 valence electrons. The number of amides is 2. The first-order valence-corrected chi connectivity index (χ1v) is 9.50. The molecule has 0 aromatic heterocycles. The van der Waals surface area contributed by atoms with Gasteiger partial charge in [-0.3, -0.25) is 9.59 Å². The summed E-state index contributed by atoms with van der Waals surface area (Å²) >= 11 is 6.25. The number of hydrogen-bond acceptors (Lipinski definition) is 4. The van der Waals surface area contributed by atoms with Gasteiger partial charge < -0.3 is 19.7 Å². The second kappa shape index (κ2) is 8.97. The molecule has 0 aliphatic carbocycles. The highest BCUT2D eigenvalue weighted by molar-refractivity contribution is 6.31. The maximum absolute atomic E-state index is 13.0. The molecule has 0 fully saturated rings. The predicted octanol–water partition coefficient (Wildman–Crippen LogP) is 3.16. The van der Waals surface area contributed by atoms with Crippen LogP contribution in [0.15, 0.2) is 42.5 Å². The number of aryl methyl sites for hydroxylation is 1. The van der Waals surface area contributed by atoms with Gasteiger partial charge in [0.1, 0.15) is 6.04 Å². The van der Waals surface area contributed by atoms with Crippen LogP contribution < -0.4 is 14.8 Å². The van der Waals surface area contributed by atoms with Crippen LogP contribution in [0.5, 0.6) is 11.5 Å². The van der Waals surface area contributed by atoms with Gasteiger partial charge in [0.15, 0.2) is 11.5 Å². The third kappa shape index (κ3) is 4.57. The Kier molecular flexibility index (Phi) is 6.41. The Morgan fingerprint density at radius 3 is 2.68 bits per heavy atom. The van der Waals surface area contributed by atoms with Crippen LogP contribution in [-0.2, 0) is 22.6 Å². The number of nitrogens with zero attached hydrogens (tertiary/aromatic N) is 1. The van der Waals surface area contributed by atoms with Crippen LogP contribution in [0.4, 0.5) is 0 Å². The highest BCUT2D eigenvalue weighted by Gasteiger charge is 2.26. The zero-order valence-electron chi connectivity index (χ0n) is 15.9. The Hall–Kier alpha value is -2.73. The minimum Gasteiger partial charge on any atom is -0.454 e. The summed E-state index contributed by atoms with van der Waals surface area (Å²) in [5.41, 5.74) is 1.78. The number of fused-ring (bicyclic) bond motifs is 1. The molecule has 2 amide bonds. The van der Waals surface area contributed by atoms with E-state index in [-0.39, 0.29) is 31.6 Å². The molecule has 1 unspecified atom stereocenters. The largest absolute Gasteiger partial charge is 0.454 e. The summed E-state index contributed by atoms with van der Waals surface area (Å²) in [5, 5.41) is 3.18. The summed E-state index contributed by atoms with van der Waals surface area (Å²) < 4.78 is 10.7. The predicted molar refractivity (Wildman–Crippen MR) is 106 cm³/mol. The van der Waals surface area contributed by atoms with Crippen LogP contribution in [0.25, 0.3) is 0 Å². The van der Waals surface area contributed by atoms with E-state index >= 15 is 0 Å². The molecular weight excluding hydrogens is 380 g/mol. The van der Waals surface area contributed by atoms with Crippen LogP contribution >= 0.6 is 11.6 Å². The molecule has 0 spiro atoms. The number of halogens is 1. The minimum absolute atomic E-state index is 0.117. The Bertz CT molecular complexity index is 871. The van der Waals surface area contributed by atoms with Gasteiger partial charge in [-0.15, -0.1) is 0 Å². The third-order valence-corrected chi connectivity index (χ3v) is 5.15. The lowest BCUT2D eigenvalue weighted by Gasteiger charge is -2.28. The van der Waals surface area contributed by atoms with Gasteiger partial charge in [-0.1, -0.05) is 35.9 Å². The lowest BCUT2D eigenvalue weighted by atomic mass is 10.1. The summed E-state index contributed by atoms with van der Waals surface area (Å²) in [7, 11) is 1.56. The van der Waals surface area contributed by atoms with Crippen molar-refractivity contribution in [2.24, 2.45) is 0 Å². The molecule has 1 atom stereocenters. The van der Waals surface area contributed by atoms with Crippen LogP contribution in [0.3, 0.4) is 0 Å². The van der Waals surface area contributed by atoms with Crippen molar-refractivity contribution in [1.29, 1.82) is 0 Å². The van der Waals surface area contributed by atoms with E-state index in [9.17, 15) is 9.59 Å². The average Bonchev–Trinajstić information content (AvgIpc) is 3.18. The first kappa shape index (κ1) is 20.0. The highest BCUT2D eigenvalue weighted by atomic mass is 35.5. The molecule has 0 saturated carbocycles. The molecule has 6 nitrogen and oxygen atoms in total. The maximum Gasteiger partial charge on any atom is 0.242 e. The number of carbonyl (C=O) groups is 2. The Morgan fingerprint density at radius 2 is 1.93 bits per heavy atom. The van der Waals surface area contributed by atoms with E-state index in [0.717, 1.165) is 11.1 Å². The monoisotopic (exact) mass is 402 g/mol. The Balaban J connectivity index is 1.72. The van der Waals surface area contributed by atoms with E-state index in [1.165, 1.54) is 0 Å². The molecule has 0 bridgehead atoms. The van der Waals surface area contributed by atoms with Gasteiger partial charge in [0, 0.05) is 25.0 Å². The zero-order chi connectivity index (χ0) is 20.1. The summed E-state index contributed by atoms with van der Waals surface area (Å²) in [6.45, 7) is 2.20. The average molecular weight is 403 g/mol. The van der Waals surface area contributed by atoms with Gasteiger partial charge in [0.2, 0.25) is 18.6 Å². The summed E-state index contributed by atoms with van der Waals surface area (Å²) in [4.78, 5) is 26.7. The van der Waals surface area contributed by atoms with E-state index < -0.39 is 6.04 Å². The number of carbonyl (C=O) groups excluding carboxylic acids is 2. The molecule has 3 rings (SSSR count). The first-order valence-electron chi connectivity index (χ1n) is 9.12. The molecule has 0 saturated heterocycles. The lowest BCUT2D eigenvalue weighted by molar-refractivity contribution is -0.140. The molecule has 1 aliphatic heterocycles. The number of hydrogen-bond donors (Lipinski definition) is 1. The standard InChI is InChI=1S/C21H23ClN2O4/c1-14(21(26)23-2)24(12-16-5-3-4-6-17(16)22)20(25)10-8-15-7-9-18-19(11-15)28-13-27-18/h3-7,9,11,14H,8,10,12-13H2,1-2H3,(H,23,26). The molecular formula is C21H23ClN2O4. The maximum atomic E-state index is 13.0. The topological polar surface area (TPSA) is 67.9 Å². The highest BCUT2D eigenvalue weighted by Crippen LogP contribution is 2.32. The Labute approximate surface area is 169 Å². The van der Waals surface area contributed by atoms with Gasteiger partial charge in [0.25, 0.3) is 0 Å². The van der Waals surface area contributed by atoms with E-state index in [4.69, 9.17) is 21.1 Å². The van der Waals surface area contributed by atoms with Gasteiger partial charge >= 0.3 is 0 Å². The lowest BCUT2D eigenvalue weighted by Crippen LogP contribution is -2.46.